The predicted molar refractivity (Wildman–Crippen MR) is 65.2 cm³/mol. The number of rotatable bonds is 6. The van der Waals surface area contributed by atoms with Crippen LogP contribution in [0.1, 0.15) is 17.5 Å². The van der Waals surface area contributed by atoms with Crippen molar-refractivity contribution in [2.75, 3.05) is 26.8 Å². The molecule has 1 heterocycles. The van der Waals surface area contributed by atoms with E-state index in [1.165, 1.54) is 10.5 Å². The van der Waals surface area contributed by atoms with Crippen molar-refractivity contribution < 1.29 is 4.74 Å². The van der Waals surface area contributed by atoms with Gasteiger partial charge < -0.3 is 10.1 Å². The molecule has 0 unspecified atom stereocenters. The Morgan fingerprint density at radius 2 is 2.47 bits per heavy atom. The maximum Gasteiger partial charge on any atom is 0.0801 e. The van der Waals surface area contributed by atoms with Gasteiger partial charge in [0.2, 0.25) is 0 Å². The molecule has 3 nitrogen and oxygen atoms in total. The van der Waals surface area contributed by atoms with Gasteiger partial charge >= 0.3 is 0 Å². The van der Waals surface area contributed by atoms with E-state index in [9.17, 15) is 0 Å². The lowest BCUT2D eigenvalue weighted by molar-refractivity contribution is 0.200. The molecule has 1 rings (SSSR count). The van der Waals surface area contributed by atoms with Crippen molar-refractivity contribution in [1.29, 1.82) is 0 Å². The van der Waals surface area contributed by atoms with Crippen LogP contribution in [0.4, 0.5) is 0 Å². The molecule has 15 heavy (non-hydrogen) atoms. The number of aryl methyl sites for hydroxylation is 1. The Bertz CT molecular complexity index is 320. The van der Waals surface area contributed by atoms with Crippen molar-refractivity contribution in [1.82, 2.24) is 10.3 Å². The van der Waals surface area contributed by atoms with Gasteiger partial charge in [-0.25, -0.2) is 4.98 Å². The number of ether oxygens (including phenoxy) is 1. The highest BCUT2D eigenvalue weighted by Crippen LogP contribution is 2.15. The molecule has 84 valence electrons. The first-order valence-electron chi connectivity index (χ1n) is 5.01. The van der Waals surface area contributed by atoms with Crippen LogP contribution < -0.4 is 5.32 Å². The molecule has 0 bridgehead atoms. The van der Waals surface area contributed by atoms with Gasteiger partial charge in [0.1, 0.15) is 0 Å². The Kier molecular flexibility index (Phi) is 5.53. The molecular weight excluding hydrogens is 208 g/mol. The van der Waals surface area contributed by atoms with E-state index in [0.29, 0.717) is 0 Å². The fourth-order valence-corrected chi connectivity index (χ4v) is 2.00. The van der Waals surface area contributed by atoms with Crippen molar-refractivity contribution in [3.05, 3.63) is 21.7 Å². The first-order valence-corrected chi connectivity index (χ1v) is 5.89. The number of nitrogens with zero attached hydrogens (tertiary/aromatic N) is 1. The molecule has 0 aliphatic carbocycles. The van der Waals surface area contributed by atoms with Crippen LogP contribution in [0.5, 0.6) is 0 Å². The maximum absolute atomic E-state index is 4.96. The highest BCUT2D eigenvalue weighted by molar-refractivity contribution is 7.10. The molecule has 0 aliphatic heterocycles. The first kappa shape index (κ1) is 12.4. The summed E-state index contributed by atoms with van der Waals surface area (Å²) in [6, 6.07) is 0. The number of methoxy groups -OCH3 is 1. The standard InChI is InChI=1S/C11H18N2OS/c1-9(7-12-4-5-14-3)6-11-10(2)13-8-15-11/h6,8,12H,4-5,7H2,1-3H3. The Hall–Kier alpha value is -0.710. The minimum absolute atomic E-state index is 0.757. The first-order chi connectivity index (χ1) is 7.24. The fourth-order valence-electron chi connectivity index (χ4n) is 1.18. The molecule has 1 N–H and O–H groups in total. The second-order valence-corrected chi connectivity index (χ2v) is 4.35. The third-order valence-electron chi connectivity index (χ3n) is 2.05. The van der Waals surface area contributed by atoms with Gasteiger partial charge in [-0.15, -0.1) is 11.3 Å². The van der Waals surface area contributed by atoms with Gasteiger partial charge in [0.15, 0.2) is 0 Å². The smallest absolute Gasteiger partial charge is 0.0801 e. The number of thiazole rings is 1. The van der Waals surface area contributed by atoms with Crippen LogP contribution in [0.3, 0.4) is 0 Å². The maximum atomic E-state index is 4.96. The van der Waals surface area contributed by atoms with Crippen LogP contribution in [0.25, 0.3) is 6.08 Å². The summed E-state index contributed by atoms with van der Waals surface area (Å²) < 4.78 is 4.96. The third kappa shape index (κ3) is 4.55. The van der Waals surface area contributed by atoms with Crippen LogP contribution in [-0.4, -0.2) is 31.8 Å². The van der Waals surface area contributed by atoms with E-state index >= 15 is 0 Å². The minimum atomic E-state index is 0.757. The summed E-state index contributed by atoms with van der Waals surface area (Å²) in [5.41, 5.74) is 4.31. The number of nitrogens with one attached hydrogen (secondary N) is 1. The predicted octanol–water partition coefficient (Wildman–Crippen LogP) is 2.09. The summed E-state index contributed by atoms with van der Waals surface area (Å²) in [5.74, 6) is 0. The molecule has 0 amide bonds. The molecule has 0 spiro atoms. The van der Waals surface area contributed by atoms with Gasteiger partial charge in [0, 0.05) is 25.1 Å². The van der Waals surface area contributed by atoms with Crippen molar-refractivity contribution in [3.8, 4) is 0 Å². The SMILES string of the molecule is COCCNCC(C)=Cc1scnc1C. The van der Waals surface area contributed by atoms with Gasteiger partial charge in [0.05, 0.1) is 17.8 Å². The Morgan fingerprint density at radius 1 is 1.67 bits per heavy atom. The number of hydrogen-bond acceptors (Lipinski definition) is 4. The van der Waals surface area contributed by atoms with Gasteiger partial charge in [-0.1, -0.05) is 5.57 Å². The normalized spacial score (nSPS) is 12.1. The van der Waals surface area contributed by atoms with E-state index in [0.717, 1.165) is 25.4 Å². The van der Waals surface area contributed by atoms with Crippen LogP contribution >= 0.6 is 11.3 Å². The molecule has 0 saturated heterocycles. The summed E-state index contributed by atoms with van der Waals surface area (Å²) in [7, 11) is 1.71. The lowest BCUT2D eigenvalue weighted by atomic mass is 10.2. The molecule has 0 fully saturated rings. The van der Waals surface area contributed by atoms with E-state index in [-0.39, 0.29) is 0 Å². The Morgan fingerprint density at radius 3 is 3.07 bits per heavy atom. The molecule has 4 heteroatoms. The monoisotopic (exact) mass is 226 g/mol. The lowest BCUT2D eigenvalue weighted by Crippen LogP contribution is -2.20. The van der Waals surface area contributed by atoms with Gasteiger partial charge in [-0.05, 0) is 19.9 Å². The quantitative estimate of drug-likeness (QED) is 0.754. The van der Waals surface area contributed by atoms with Crippen LogP contribution in [-0.2, 0) is 4.74 Å². The number of aromatic nitrogens is 1. The summed E-state index contributed by atoms with van der Waals surface area (Å²) in [6.45, 7) is 6.71. The van der Waals surface area contributed by atoms with Gasteiger partial charge in [0.25, 0.3) is 0 Å². The Labute approximate surface area is 95.2 Å². The van der Waals surface area contributed by atoms with Crippen LogP contribution in [0.15, 0.2) is 11.1 Å². The van der Waals surface area contributed by atoms with E-state index in [2.05, 4.69) is 23.3 Å². The van der Waals surface area contributed by atoms with E-state index in [4.69, 9.17) is 4.74 Å². The van der Waals surface area contributed by atoms with Gasteiger partial charge in [-0.2, -0.15) is 0 Å². The highest BCUT2D eigenvalue weighted by atomic mass is 32.1. The van der Waals surface area contributed by atoms with Crippen LogP contribution in [0, 0.1) is 6.92 Å². The highest BCUT2D eigenvalue weighted by Gasteiger charge is 1.98. The zero-order valence-corrected chi connectivity index (χ0v) is 10.4. The fraction of sp³-hybridized carbons (Fsp3) is 0.545. The topological polar surface area (TPSA) is 34.1 Å². The number of hydrogen-bond donors (Lipinski definition) is 1. The van der Waals surface area contributed by atoms with E-state index in [1.54, 1.807) is 18.4 Å². The molecule has 0 aliphatic rings. The largest absolute Gasteiger partial charge is 0.383 e. The van der Waals surface area contributed by atoms with Crippen molar-refractivity contribution in [2.24, 2.45) is 0 Å². The van der Waals surface area contributed by atoms with E-state index < -0.39 is 0 Å². The van der Waals surface area contributed by atoms with E-state index in [1.807, 2.05) is 12.4 Å². The van der Waals surface area contributed by atoms with Crippen molar-refractivity contribution in [2.45, 2.75) is 13.8 Å². The van der Waals surface area contributed by atoms with Crippen molar-refractivity contribution >= 4 is 17.4 Å². The minimum Gasteiger partial charge on any atom is -0.383 e. The summed E-state index contributed by atoms with van der Waals surface area (Å²) in [4.78, 5) is 5.46. The molecule has 1 aromatic rings. The second-order valence-electron chi connectivity index (χ2n) is 3.46. The zero-order chi connectivity index (χ0) is 11.1. The molecule has 0 atom stereocenters. The van der Waals surface area contributed by atoms with Crippen molar-refractivity contribution in [3.63, 3.8) is 0 Å². The molecule has 0 aromatic carbocycles. The average Bonchev–Trinajstić information content (AvgIpc) is 2.59. The summed E-state index contributed by atoms with van der Waals surface area (Å²) >= 11 is 1.68. The Balaban J connectivity index is 2.36. The third-order valence-corrected chi connectivity index (χ3v) is 2.92. The molecular formula is C11H18N2OS. The summed E-state index contributed by atoms with van der Waals surface area (Å²) in [6.07, 6.45) is 2.19. The average molecular weight is 226 g/mol. The zero-order valence-electron chi connectivity index (χ0n) is 9.54. The van der Waals surface area contributed by atoms with Crippen LogP contribution in [0.2, 0.25) is 0 Å². The molecule has 0 radical (unpaired) electrons. The molecule has 1 aromatic heterocycles. The van der Waals surface area contributed by atoms with Gasteiger partial charge in [-0.3, -0.25) is 0 Å². The summed E-state index contributed by atoms with van der Waals surface area (Å²) in [5, 5.41) is 3.31. The molecule has 0 saturated carbocycles. The lowest BCUT2D eigenvalue weighted by Gasteiger charge is -2.03. The second kappa shape index (κ2) is 6.71.